The van der Waals surface area contributed by atoms with E-state index in [0.717, 1.165) is 42.1 Å². The maximum absolute atomic E-state index is 12.8. The molecule has 7 nitrogen and oxygen atoms in total. The van der Waals surface area contributed by atoms with E-state index in [0.29, 0.717) is 18.5 Å². The summed E-state index contributed by atoms with van der Waals surface area (Å²) in [5, 5.41) is 4.19. The van der Waals surface area contributed by atoms with Crippen LogP contribution in [0.3, 0.4) is 0 Å². The number of rotatable bonds is 5. The maximum atomic E-state index is 12.8. The van der Waals surface area contributed by atoms with Gasteiger partial charge >= 0.3 is 5.69 Å². The predicted molar refractivity (Wildman–Crippen MR) is 96.9 cm³/mol. The number of aromatic amines is 1. The second kappa shape index (κ2) is 7.43. The molecule has 7 heteroatoms. The lowest BCUT2D eigenvalue weighted by atomic mass is 10.1. The third-order valence-electron chi connectivity index (χ3n) is 5.07. The molecule has 0 aromatic carbocycles. The highest BCUT2D eigenvalue weighted by molar-refractivity contribution is 5.77. The van der Waals surface area contributed by atoms with Crippen molar-refractivity contribution in [2.45, 2.75) is 65.3 Å². The normalized spacial score (nSPS) is 17.3. The molecule has 3 heterocycles. The third kappa shape index (κ3) is 3.71. The van der Waals surface area contributed by atoms with Crippen molar-refractivity contribution in [3.63, 3.8) is 0 Å². The molecular weight excluding hydrogens is 332 g/mol. The number of carbonyl (C=O) groups excluding carboxylic acids is 1. The molecule has 2 aromatic rings. The molecule has 1 saturated heterocycles. The Bertz CT molecular complexity index is 826. The lowest BCUT2D eigenvalue weighted by molar-refractivity contribution is -0.132. The zero-order valence-corrected chi connectivity index (χ0v) is 15.8. The van der Waals surface area contributed by atoms with Crippen LogP contribution in [0.1, 0.15) is 73.5 Å². The number of amides is 1. The van der Waals surface area contributed by atoms with Gasteiger partial charge in [-0.2, -0.15) is 4.98 Å². The standard InChI is InChI=1S/C19H26N4O3/c1-11(2)17-10-15(22-26-17)16-6-5-9-23(16)18(24)8-7-14-12(3)20-19(25)21-13(14)4/h10-11,16H,5-9H2,1-4H3,(H,20,21,25)/t16-/m0/s1. The van der Waals surface area contributed by atoms with Gasteiger partial charge in [-0.05, 0) is 38.7 Å². The Morgan fingerprint density at radius 2 is 2.19 bits per heavy atom. The molecule has 0 saturated carbocycles. The van der Waals surface area contributed by atoms with E-state index in [1.807, 2.05) is 24.8 Å². The second-order valence-corrected chi connectivity index (χ2v) is 7.28. The molecule has 1 N–H and O–H groups in total. The summed E-state index contributed by atoms with van der Waals surface area (Å²) in [4.78, 5) is 32.8. The van der Waals surface area contributed by atoms with Crippen molar-refractivity contribution in [1.29, 1.82) is 0 Å². The van der Waals surface area contributed by atoms with Crippen molar-refractivity contribution in [2.75, 3.05) is 6.54 Å². The molecule has 26 heavy (non-hydrogen) atoms. The van der Waals surface area contributed by atoms with Crippen LogP contribution in [0.5, 0.6) is 0 Å². The Morgan fingerprint density at radius 3 is 2.85 bits per heavy atom. The molecule has 0 bridgehead atoms. The van der Waals surface area contributed by atoms with E-state index in [2.05, 4.69) is 29.0 Å². The van der Waals surface area contributed by atoms with E-state index in [1.54, 1.807) is 0 Å². The fourth-order valence-electron chi connectivity index (χ4n) is 3.60. The van der Waals surface area contributed by atoms with E-state index >= 15 is 0 Å². The summed E-state index contributed by atoms with van der Waals surface area (Å²) >= 11 is 0. The molecule has 0 radical (unpaired) electrons. The highest BCUT2D eigenvalue weighted by atomic mass is 16.5. The van der Waals surface area contributed by atoms with Gasteiger partial charge in [0.05, 0.1) is 6.04 Å². The van der Waals surface area contributed by atoms with Crippen LogP contribution in [0.4, 0.5) is 0 Å². The molecule has 140 valence electrons. The zero-order chi connectivity index (χ0) is 18.8. The Hall–Kier alpha value is -2.44. The SMILES string of the molecule is Cc1nc(=O)[nH]c(C)c1CCC(=O)N1CCC[C@H]1c1cc(C(C)C)on1. The molecule has 0 aliphatic carbocycles. The molecule has 3 rings (SSSR count). The number of aryl methyl sites for hydroxylation is 2. The first-order valence-electron chi connectivity index (χ1n) is 9.19. The molecule has 2 aromatic heterocycles. The first-order chi connectivity index (χ1) is 12.4. The van der Waals surface area contributed by atoms with Crippen LogP contribution in [-0.2, 0) is 11.2 Å². The highest BCUT2D eigenvalue weighted by Crippen LogP contribution is 2.33. The van der Waals surface area contributed by atoms with Crippen LogP contribution >= 0.6 is 0 Å². The van der Waals surface area contributed by atoms with Crippen LogP contribution in [-0.4, -0.2) is 32.5 Å². The van der Waals surface area contributed by atoms with Crippen LogP contribution < -0.4 is 5.69 Å². The summed E-state index contributed by atoms with van der Waals surface area (Å²) in [5.41, 5.74) is 2.91. The topological polar surface area (TPSA) is 92.1 Å². The van der Waals surface area contributed by atoms with E-state index in [1.165, 1.54) is 0 Å². The van der Waals surface area contributed by atoms with Gasteiger partial charge in [-0.3, -0.25) is 4.79 Å². The monoisotopic (exact) mass is 358 g/mol. The number of aromatic nitrogens is 3. The molecule has 1 aliphatic heterocycles. The van der Waals surface area contributed by atoms with Gasteiger partial charge in [-0.1, -0.05) is 19.0 Å². The van der Waals surface area contributed by atoms with Gasteiger partial charge in [0, 0.05) is 36.3 Å². The number of nitrogens with one attached hydrogen (secondary N) is 1. The summed E-state index contributed by atoms with van der Waals surface area (Å²) in [6.45, 7) is 8.52. The number of nitrogens with zero attached hydrogens (tertiary/aromatic N) is 3. The molecule has 0 unspecified atom stereocenters. The first-order valence-corrected chi connectivity index (χ1v) is 9.19. The summed E-state index contributed by atoms with van der Waals surface area (Å²) in [7, 11) is 0. The van der Waals surface area contributed by atoms with Crippen molar-refractivity contribution in [2.24, 2.45) is 0 Å². The Balaban J connectivity index is 1.70. The molecule has 1 fully saturated rings. The predicted octanol–water partition coefficient (Wildman–Crippen LogP) is 2.79. The van der Waals surface area contributed by atoms with Gasteiger partial charge < -0.3 is 14.4 Å². The summed E-state index contributed by atoms with van der Waals surface area (Å²) in [5.74, 6) is 1.23. The quantitative estimate of drug-likeness (QED) is 0.887. The highest BCUT2D eigenvalue weighted by Gasteiger charge is 2.32. The third-order valence-corrected chi connectivity index (χ3v) is 5.07. The van der Waals surface area contributed by atoms with Gasteiger partial charge in [0.25, 0.3) is 0 Å². The first kappa shape index (κ1) is 18.4. The second-order valence-electron chi connectivity index (χ2n) is 7.28. The number of likely N-dealkylation sites (tertiary alicyclic amines) is 1. The molecule has 0 spiro atoms. The summed E-state index contributed by atoms with van der Waals surface area (Å²) < 4.78 is 5.41. The van der Waals surface area contributed by atoms with Crippen LogP contribution in [0.25, 0.3) is 0 Å². The number of hydrogen-bond donors (Lipinski definition) is 1. The summed E-state index contributed by atoms with van der Waals surface area (Å²) in [6, 6.07) is 1.97. The number of carbonyl (C=O) groups is 1. The summed E-state index contributed by atoms with van der Waals surface area (Å²) in [6.07, 6.45) is 2.84. The van der Waals surface area contributed by atoms with Crippen LogP contribution in [0.2, 0.25) is 0 Å². The fourth-order valence-corrected chi connectivity index (χ4v) is 3.60. The van der Waals surface area contributed by atoms with Crippen molar-refractivity contribution in [3.05, 3.63) is 45.0 Å². The average molecular weight is 358 g/mol. The number of hydrogen-bond acceptors (Lipinski definition) is 5. The lowest BCUT2D eigenvalue weighted by Crippen LogP contribution is -2.31. The van der Waals surface area contributed by atoms with Gasteiger partial charge in [0.2, 0.25) is 5.91 Å². The number of H-pyrrole nitrogens is 1. The minimum Gasteiger partial charge on any atom is -0.361 e. The van der Waals surface area contributed by atoms with Crippen molar-refractivity contribution in [3.8, 4) is 0 Å². The Morgan fingerprint density at radius 1 is 1.42 bits per heavy atom. The minimum atomic E-state index is -0.346. The molecule has 1 amide bonds. The Labute approximate surface area is 152 Å². The molecule has 1 atom stereocenters. The van der Waals surface area contributed by atoms with Gasteiger partial charge in [-0.25, -0.2) is 4.79 Å². The van der Waals surface area contributed by atoms with Crippen molar-refractivity contribution in [1.82, 2.24) is 20.0 Å². The van der Waals surface area contributed by atoms with Gasteiger partial charge in [0.15, 0.2) is 0 Å². The molecule has 1 aliphatic rings. The molecular formula is C19H26N4O3. The Kier molecular flexibility index (Phi) is 5.25. The van der Waals surface area contributed by atoms with E-state index in [9.17, 15) is 9.59 Å². The van der Waals surface area contributed by atoms with E-state index in [-0.39, 0.29) is 23.6 Å². The van der Waals surface area contributed by atoms with E-state index < -0.39 is 0 Å². The van der Waals surface area contributed by atoms with Gasteiger partial charge in [0.1, 0.15) is 11.5 Å². The van der Waals surface area contributed by atoms with E-state index in [4.69, 9.17) is 4.52 Å². The van der Waals surface area contributed by atoms with Crippen LogP contribution in [0.15, 0.2) is 15.4 Å². The largest absolute Gasteiger partial charge is 0.361 e. The van der Waals surface area contributed by atoms with Crippen LogP contribution in [0, 0.1) is 13.8 Å². The minimum absolute atomic E-state index is 0.00495. The van der Waals surface area contributed by atoms with Gasteiger partial charge in [-0.15, -0.1) is 0 Å². The van der Waals surface area contributed by atoms with Crippen molar-refractivity contribution < 1.29 is 9.32 Å². The fraction of sp³-hybridized carbons (Fsp3) is 0.579. The van der Waals surface area contributed by atoms with Crippen molar-refractivity contribution >= 4 is 5.91 Å². The maximum Gasteiger partial charge on any atom is 0.345 e. The zero-order valence-electron chi connectivity index (χ0n) is 15.8. The lowest BCUT2D eigenvalue weighted by Gasteiger charge is -2.23. The average Bonchev–Trinajstić information content (AvgIpc) is 3.22. The smallest absolute Gasteiger partial charge is 0.345 e.